The van der Waals surface area contributed by atoms with Crippen LogP contribution in [0.2, 0.25) is 0 Å². The largest absolute Gasteiger partial charge is 0.461 e. The summed E-state index contributed by atoms with van der Waals surface area (Å²) in [4.78, 5) is 10.6. The molecule has 3 N–H and O–H groups in total. The van der Waals surface area contributed by atoms with E-state index in [1.165, 1.54) is 0 Å². The van der Waals surface area contributed by atoms with Gasteiger partial charge in [0.1, 0.15) is 0 Å². The average Bonchev–Trinajstić information content (AvgIpc) is 1.89. The third-order valence-electron chi connectivity index (χ3n) is 0.607. The topological polar surface area (TPSA) is 76.7 Å². The Morgan fingerprint density at radius 2 is 2.50 bits per heavy atom. The second kappa shape index (κ2) is 5.01. The van der Waals surface area contributed by atoms with Gasteiger partial charge in [0.2, 0.25) is 5.17 Å². The van der Waals surface area contributed by atoms with Crippen LogP contribution in [0, 0.1) is 0 Å². The third kappa shape index (κ3) is 3.26. The highest BCUT2D eigenvalue weighted by molar-refractivity contribution is 6.81. The van der Waals surface area contributed by atoms with E-state index < -0.39 is 5.97 Å². The number of hydrazine groups is 1. The van der Waals surface area contributed by atoms with Gasteiger partial charge in [0.05, 0.1) is 6.61 Å². The van der Waals surface area contributed by atoms with Gasteiger partial charge in [-0.25, -0.2) is 16.2 Å². The molecule has 0 atom stereocenters. The molecule has 0 bridgehead atoms. The Morgan fingerprint density at radius 3 is 2.90 bits per heavy atom. The molecule has 58 valence electrons. The second-order valence-electron chi connectivity index (χ2n) is 1.25. The minimum absolute atomic E-state index is 0.259. The van der Waals surface area contributed by atoms with Gasteiger partial charge in [0.25, 0.3) is 0 Å². The standard InChI is InChI=1S/C4H8ClN3O2/c1-2-10-4(9)3(5)7-8-6/h8H,2,6H2,1H3/b7-3-. The number of esters is 1. The van der Waals surface area contributed by atoms with Crippen LogP contribution < -0.4 is 11.4 Å². The summed E-state index contributed by atoms with van der Waals surface area (Å²) in [6.45, 7) is 1.92. The lowest BCUT2D eigenvalue weighted by Crippen LogP contribution is -2.20. The Kier molecular flexibility index (Phi) is 4.61. The molecule has 6 heteroatoms. The van der Waals surface area contributed by atoms with Crippen molar-refractivity contribution in [3.05, 3.63) is 0 Å². The fourth-order valence-electron chi connectivity index (χ4n) is 0.293. The number of hydrazone groups is 1. The molecule has 0 radical (unpaired) electrons. The van der Waals surface area contributed by atoms with Crippen LogP contribution in [0.1, 0.15) is 6.92 Å². The number of nitrogens with two attached hydrogens (primary N) is 1. The maximum Gasteiger partial charge on any atom is 0.370 e. The quantitative estimate of drug-likeness (QED) is 0.257. The molecule has 0 aliphatic carbocycles. The first-order valence-electron chi connectivity index (χ1n) is 2.58. The number of ether oxygens (including phenoxy) is 1. The summed E-state index contributed by atoms with van der Waals surface area (Å²) >= 11 is 5.24. The smallest absolute Gasteiger partial charge is 0.370 e. The molecule has 0 heterocycles. The van der Waals surface area contributed by atoms with Gasteiger partial charge in [-0.3, -0.25) is 0 Å². The van der Waals surface area contributed by atoms with Gasteiger partial charge in [-0.2, -0.15) is 0 Å². The molecule has 5 nitrogen and oxygen atoms in total. The van der Waals surface area contributed by atoms with Gasteiger partial charge < -0.3 is 4.74 Å². The van der Waals surface area contributed by atoms with E-state index in [0.717, 1.165) is 0 Å². The highest BCUT2D eigenvalue weighted by atomic mass is 35.5. The van der Waals surface area contributed by atoms with Gasteiger partial charge in [-0.05, 0) is 6.92 Å². The molecule has 0 aromatic heterocycles. The van der Waals surface area contributed by atoms with Crippen molar-refractivity contribution in [1.29, 1.82) is 0 Å². The van der Waals surface area contributed by atoms with E-state index in [2.05, 4.69) is 9.84 Å². The van der Waals surface area contributed by atoms with Crippen LogP contribution >= 0.6 is 11.6 Å². The zero-order valence-corrected chi connectivity index (χ0v) is 6.18. The van der Waals surface area contributed by atoms with Crippen LogP contribution in [0.15, 0.2) is 5.10 Å². The lowest BCUT2D eigenvalue weighted by molar-refractivity contribution is -0.134. The van der Waals surface area contributed by atoms with Crippen molar-refractivity contribution in [3.8, 4) is 0 Å². The molecule has 0 aliphatic rings. The molecule has 0 aromatic rings. The third-order valence-corrected chi connectivity index (χ3v) is 0.845. The molecular formula is C4H8ClN3O2. The van der Waals surface area contributed by atoms with E-state index >= 15 is 0 Å². The van der Waals surface area contributed by atoms with Gasteiger partial charge in [-0.1, -0.05) is 11.6 Å². The van der Waals surface area contributed by atoms with Gasteiger partial charge in [0, 0.05) is 0 Å². The molecule has 0 saturated heterocycles. The van der Waals surface area contributed by atoms with E-state index in [1.807, 2.05) is 5.53 Å². The molecule has 0 rings (SSSR count). The van der Waals surface area contributed by atoms with Crippen molar-refractivity contribution >= 4 is 22.7 Å². The normalized spacial score (nSPS) is 10.9. The molecule has 0 unspecified atom stereocenters. The fraction of sp³-hybridized carbons (Fsp3) is 0.500. The van der Waals surface area contributed by atoms with Crippen LogP contribution in [-0.2, 0) is 9.53 Å². The van der Waals surface area contributed by atoms with E-state index in [0.29, 0.717) is 0 Å². The van der Waals surface area contributed by atoms with Crippen molar-refractivity contribution < 1.29 is 9.53 Å². The summed E-state index contributed by atoms with van der Waals surface area (Å²) in [6, 6.07) is 0. The van der Waals surface area contributed by atoms with Crippen molar-refractivity contribution in [3.63, 3.8) is 0 Å². The monoisotopic (exact) mass is 165 g/mol. The summed E-state index contributed by atoms with van der Waals surface area (Å²) in [5, 5.41) is 2.86. The van der Waals surface area contributed by atoms with Crippen LogP contribution in [0.4, 0.5) is 0 Å². The number of nitrogens with one attached hydrogen (secondary N) is 1. The minimum atomic E-state index is -0.692. The Morgan fingerprint density at radius 1 is 1.90 bits per heavy atom. The average molecular weight is 166 g/mol. The van der Waals surface area contributed by atoms with Gasteiger partial charge in [0.15, 0.2) is 0 Å². The van der Waals surface area contributed by atoms with E-state index in [4.69, 9.17) is 17.4 Å². The number of carbonyl (C=O) groups excluding carboxylic acids is 1. The first-order valence-corrected chi connectivity index (χ1v) is 2.96. The Labute approximate surface area is 63.1 Å². The maximum absolute atomic E-state index is 10.6. The predicted molar refractivity (Wildman–Crippen MR) is 37.2 cm³/mol. The Bertz CT molecular complexity index is 147. The van der Waals surface area contributed by atoms with Crippen molar-refractivity contribution in [2.24, 2.45) is 10.9 Å². The summed E-state index contributed by atoms with van der Waals surface area (Å²) in [5.74, 6) is 4.04. The summed E-state index contributed by atoms with van der Waals surface area (Å²) < 4.78 is 4.46. The highest BCUT2D eigenvalue weighted by Gasteiger charge is 2.07. The first kappa shape index (κ1) is 9.19. The summed E-state index contributed by atoms with van der Waals surface area (Å²) in [7, 11) is 0. The highest BCUT2D eigenvalue weighted by Crippen LogP contribution is 1.87. The molecule has 0 aliphatic heterocycles. The zero-order chi connectivity index (χ0) is 7.98. The first-order chi connectivity index (χ1) is 4.72. The Hall–Kier alpha value is -0.810. The minimum Gasteiger partial charge on any atom is -0.461 e. The van der Waals surface area contributed by atoms with E-state index in [1.54, 1.807) is 6.92 Å². The Balaban J connectivity index is 3.82. The number of hydrogen-bond acceptors (Lipinski definition) is 5. The fourth-order valence-corrected chi connectivity index (χ4v) is 0.396. The van der Waals surface area contributed by atoms with Crippen molar-refractivity contribution in [1.82, 2.24) is 5.53 Å². The van der Waals surface area contributed by atoms with E-state index in [-0.39, 0.29) is 11.8 Å². The zero-order valence-electron chi connectivity index (χ0n) is 5.43. The summed E-state index contributed by atoms with van der Waals surface area (Å²) in [6.07, 6.45) is 0. The van der Waals surface area contributed by atoms with Crippen molar-refractivity contribution in [2.45, 2.75) is 6.92 Å². The van der Waals surface area contributed by atoms with E-state index in [9.17, 15) is 4.79 Å². The van der Waals surface area contributed by atoms with Crippen LogP contribution in [0.5, 0.6) is 0 Å². The van der Waals surface area contributed by atoms with Gasteiger partial charge in [-0.15, -0.1) is 5.10 Å². The lowest BCUT2D eigenvalue weighted by atomic mass is 10.7. The van der Waals surface area contributed by atoms with Crippen LogP contribution in [0.25, 0.3) is 0 Å². The summed E-state index contributed by atoms with van der Waals surface area (Å²) in [5.41, 5.74) is 1.86. The molecule has 0 aromatic carbocycles. The molecule has 0 amide bonds. The number of rotatable bonds is 3. The maximum atomic E-state index is 10.6. The van der Waals surface area contributed by atoms with Crippen LogP contribution in [0.3, 0.4) is 0 Å². The second-order valence-corrected chi connectivity index (χ2v) is 1.61. The predicted octanol–water partition coefficient (Wildman–Crippen LogP) is -0.435. The molecule has 10 heavy (non-hydrogen) atoms. The molecule has 0 fully saturated rings. The molecule has 0 spiro atoms. The number of hydrogen-bond donors (Lipinski definition) is 2. The van der Waals surface area contributed by atoms with Crippen molar-refractivity contribution in [2.75, 3.05) is 6.61 Å². The lowest BCUT2D eigenvalue weighted by Gasteiger charge is -1.96. The SMILES string of the molecule is CCOC(=O)/C(Cl)=N/NN. The molecular weight excluding hydrogens is 158 g/mol. The number of nitrogens with zero attached hydrogens (tertiary/aromatic N) is 1. The van der Waals surface area contributed by atoms with Gasteiger partial charge >= 0.3 is 5.97 Å². The number of carbonyl (C=O) groups is 1. The van der Waals surface area contributed by atoms with Crippen LogP contribution in [-0.4, -0.2) is 17.7 Å². The molecule has 0 saturated carbocycles. The number of halogens is 1.